The summed E-state index contributed by atoms with van der Waals surface area (Å²) < 4.78 is 36.4. The van der Waals surface area contributed by atoms with E-state index >= 15 is 0 Å². The van der Waals surface area contributed by atoms with Gasteiger partial charge >= 0.3 is 7.69 Å². The van der Waals surface area contributed by atoms with Crippen molar-refractivity contribution in [3.63, 3.8) is 0 Å². The molecule has 1 unspecified atom stereocenters. The highest BCUT2D eigenvalue weighted by molar-refractivity contribution is 6.19. The molecule has 5 aliphatic rings. The van der Waals surface area contributed by atoms with Gasteiger partial charge in [0.1, 0.15) is 12.2 Å². The van der Waals surface area contributed by atoms with E-state index in [9.17, 15) is 0 Å². The molecule has 3 saturated heterocycles. The van der Waals surface area contributed by atoms with E-state index in [1.54, 1.807) is 0 Å². The summed E-state index contributed by atoms with van der Waals surface area (Å²) in [5.41, 5.74) is 0. The van der Waals surface area contributed by atoms with Crippen LogP contribution in [0, 0.1) is 0 Å². The van der Waals surface area contributed by atoms with Crippen molar-refractivity contribution in [3.05, 3.63) is 0 Å². The zero-order chi connectivity index (χ0) is 16.7. The second-order valence-electron chi connectivity index (χ2n) is 8.17. The van der Waals surface area contributed by atoms with Crippen LogP contribution in [-0.4, -0.2) is 56.9 Å². The minimum atomic E-state index is -0.392. The predicted molar refractivity (Wildman–Crippen MR) is 88.8 cm³/mol. The van der Waals surface area contributed by atoms with E-state index in [1.807, 2.05) is 0 Å². The Bertz CT molecular complexity index is 434. The summed E-state index contributed by atoms with van der Waals surface area (Å²) in [4.78, 5) is 0. The maximum absolute atomic E-state index is 6.36. The molecule has 25 heavy (non-hydrogen) atoms. The van der Waals surface area contributed by atoms with Gasteiger partial charge in [-0.3, -0.25) is 0 Å². The summed E-state index contributed by atoms with van der Waals surface area (Å²) in [5, 5.41) is 0. The molecule has 3 aliphatic heterocycles. The first-order valence-corrected chi connectivity index (χ1v) is 10.0. The lowest BCUT2D eigenvalue weighted by Crippen LogP contribution is -2.46. The van der Waals surface area contributed by atoms with Crippen molar-refractivity contribution in [1.82, 2.24) is 0 Å². The molecule has 0 aromatic carbocycles. The third kappa shape index (κ3) is 3.17. The molecule has 5 fully saturated rings. The van der Waals surface area contributed by atoms with Gasteiger partial charge in [0, 0.05) is 25.7 Å². The first-order valence-electron chi connectivity index (χ1n) is 10.0. The molecule has 4 atom stereocenters. The smallest absolute Gasteiger partial charge is 0.405 e. The second-order valence-corrected chi connectivity index (χ2v) is 8.17. The van der Waals surface area contributed by atoms with Crippen molar-refractivity contribution in [2.24, 2.45) is 0 Å². The summed E-state index contributed by atoms with van der Waals surface area (Å²) in [6.07, 6.45) is 10.6. The predicted octanol–water partition coefficient (Wildman–Crippen LogP) is 2.46. The fourth-order valence-electron chi connectivity index (χ4n) is 5.10. The van der Waals surface area contributed by atoms with E-state index in [0.29, 0.717) is 13.2 Å². The third-order valence-electron chi connectivity index (χ3n) is 6.47. The molecule has 2 aliphatic carbocycles. The molecule has 0 aromatic heterocycles. The van der Waals surface area contributed by atoms with Gasteiger partial charge in [-0.25, -0.2) is 0 Å². The maximum atomic E-state index is 6.36. The Morgan fingerprint density at radius 2 is 1.04 bits per heavy atom. The van der Waals surface area contributed by atoms with E-state index < -0.39 is 11.6 Å². The van der Waals surface area contributed by atoms with Crippen molar-refractivity contribution in [2.45, 2.75) is 100 Å². The molecule has 139 valence electrons. The number of hydrogen-bond donors (Lipinski definition) is 0. The van der Waals surface area contributed by atoms with E-state index in [1.165, 1.54) is 46.2 Å². The Kier molecular flexibility index (Phi) is 4.59. The highest BCUT2D eigenvalue weighted by Crippen LogP contribution is 2.43. The lowest BCUT2D eigenvalue weighted by molar-refractivity contribution is -0.206. The van der Waals surface area contributed by atoms with Gasteiger partial charge < -0.3 is 28.3 Å². The first-order chi connectivity index (χ1) is 12.3. The van der Waals surface area contributed by atoms with Gasteiger partial charge in [-0.1, -0.05) is 12.8 Å². The molecule has 3 heterocycles. The molecule has 2 spiro atoms. The molecule has 0 bridgehead atoms. The van der Waals surface area contributed by atoms with Crippen molar-refractivity contribution < 1.29 is 28.3 Å². The van der Waals surface area contributed by atoms with Gasteiger partial charge in [0.05, 0.1) is 25.4 Å². The van der Waals surface area contributed by atoms with Gasteiger partial charge in [0.15, 0.2) is 11.6 Å². The molecule has 0 aromatic rings. The zero-order valence-corrected chi connectivity index (χ0v) is 14.8. The Labute approximate surface area is 150 Å². The monoisotopic (exact) mass is 351 g/mol. The molecule has 1 radical (unpaired) electrons. The van der Waals surface area contributed by atoms with Crippen LogP contribution in [0.1, 0.15) is 64.2 Å². The van der Waals surface area contributed by atoms with Crippen LogP contribution in [0.4, 0.5) is 0 Å². The number of ether oxygens (including phenoxy) is 4. The fourth-order valence-corrected chi connectivity index (χ4v) is 5.10. The molecule has 2 saturated carbocycles. The van der Waals surface area contributed by atoms with Crippen LogP contribution in [0.25, 0.3) is 0 Å². The average Bonchev–Trinajstić information content (AvgIpc) is 3.36. The van der Waals surface area contributed by atoms with Gasteiger partial charge in [-0.2, -0.15) is 0 Å². The summed E-state index contributed by atoms with van der Waals surface area (Å²) >= 11 is 0. The quantitative estimate of drug-likeness (QED) is 0.713. The van der Waals surface area contributed by atoms with Crippen LogP contribution in [0.2, 0.25) is 0 Å². The molecular weight excluding hydrogens is 323 g/mol. The van der Waals surface area contributed by atoms with Gasteiger partial charge in [0.25, 0.3) is 0 Å². The Hall–Kier alpha value is -0.175. The van der Waals surface area contributed by atoms with Gasteiger partial charge in [-0.05, 0) is 25.7 Å². The third-order valence-corrected chi connectivity index (χ3v) is 6.47. The van der Waals surface area contributed by atoms with E-state index in [0.717, 1.165) is 25.7 Å². The van der Waals surface area contributed by atoms with Crippen molar-refractivity contribution >= 4 is 7.69 Å². The van der Waals surface area contributed by atoms with Crippen LogP contribution in [-0.2, 0) is 28.3 Å². The van der Waals surface area contributed by atoms with Crippen LogP contribution in [0.5, 0.6) is 0 Å². The van der Waals surface area contributed by atoms with E-state index in [2.05, 4.69) is 0 Å². The molecule has 0 amide bonds. The first kappa shape index (κ1) is 17.0. The SMILES string of the molecule is [B]1O[C@@H]([C@@H]2COC3(CCCCC3)O2)[C@H](C2COC3(CCCCC3)O2)O1. The zero-order valence-electron chi connectivity index (χ0n) is 14.8. The Balaban J connectivity index is 1.24. The van der Waals surface area contributed by atoms with Crippen LogP contribution < -0.4 is 0 Å². The molecule has 7 heteroatoms. The summed E-state index contributed by atoms with van der Waals surface area (Å²) in [6, 6.07) is 0. The Morgan fingerprint density at radius 3 is 1.48 bits per heavy atom. The highest BCUT2D eigenvalue weighted by Gasteiger charge is 2.53. The van der Waals surface area contributed by atoms with Crippen LogP contribution in [0.15, 0.2) is 0 Å². The largest absolute Gasteiger partial charge is 0.488 e. The lowest BCUT2D eigenvalue weighted by Gasteiger charge is -2.34. The minimum absolute atomic E-state index is 0.103. The standard InChI is InChI=1S/C18H28BO6/c1-3-7-17(8-4-1)20-11-13(22-17)15-16(25-19-24-15)14-12-21-18(23-14)9-5-2-6-10-18/h13-16H,1-12H2/t13-,14?,15-,16-/m0/s1. The summed E-state index contributed by atoms with van der Waals surface area (Å²) in [5.74, 6) is -0.784. The highest BCUT2D eigenvalue weighted by atomic mass is 16.8. The van der Waals surface area contributed by atoms with Crippen LogP contribution in [0.3, 0.4) is 0 Å². The van der Waals surface area contributed by atoms with E-state index in [-0.39, 0.29) is 24.4 Å². The fraction of sp³-hybridized carbons (Fsp3) is 1.00. The van der Waals surface area contributed by atoms with Gasteiger partial charge in [0.2, 0.25) is 0 Å². The van der Waals surface area contributed by atoms with Crippen molar-refractivity contribution in [3.8, 4) is 0 Å². The molecule has 0 N–H and O–H groups in total. The molecular formula is C18H28BO6. The van der Waals surface area contributed by atoms with Gasteiger partial charge in [-0.15, -0.1) is 0 Å². The minimum Gasteiger partial charge on any atom is -0.405 e. The normalized spacial score (nSPS) is 42.9. The molecule has 5 rings (SSSR count). The van der Waals surface area contributed by atoms with Crippen molar-refractivity contribution in [1.29, 1.82) is 0 Å². The second kappa shape index (κ2) is 6.77. The van der Waals surface area contributed by atoms with Crippen LogP contribution >= 0.6 is 0 Å². The maximum Gasteiger partial charge on any atom is 0.488 e. The van der Waals surface area contributed by atoms with Crippen molar-refractivity contribution in [2.75, 3.05) is 13.2 Å². The number of hydrogen-bond acceptors (Lipinski definition) is 6. The lowest BCUT2D eigenvalue weighted by atomic mass is 9.94. The summed E-state index contributed by atoms with van der Waals surface area (Å²) in [7, 11) is 1.44. The molecule has 6 nitrogen and oxygen atoms in total. The average molecular weight is 351 g/mol. The summed E-state index contributed by atoms with van der Waals surface area (Å²) in [6.45, 7) is 1.13. The number of rotatable bonds is 2. The topological polar surface area (TPSA) is 55.4 Å². The Morgan fingerprint density at radius 1 is 0.600 bits per heavy atom. The van der Waals surface area contributed by atoms with E-state index in [4.69, 9.17) is 28.3 Å².